The highest BCUT2D eigenvalue weighted by molar-refractivity contribution is 7.89. The first kappa shape index (κ1) is 18.8. The number of sulfonamides is 1. The number of anilines is 1. The lowest BCUT2D eigenvalue weighted by Gasteiger charge is -2.36. The highest BCUT2D eigenvalue weighted by Gasteiger charge is 2.24. The number of nitrogens with zero attached hydrogens (tertiary/aromatic N) is 3. The Labute approximate surface area is 152 Å². The molecule has 1 N–H and O–H groups in total. The Hall–Kier alpha value is -1.97. The average Bonchev–Trinajstić information content (AvgIpc) is 2.95. The minimum absolute atomic E-state index is 0.124. The number of hydrogen-bond acceptors (Lipinski definition) is 6. The zero-order valence-corrected chi connectivity index (χ0v) is 15.7. The van der Waals surface area contributed by atoms with E-state index >= 15 is 0 Å². The highest BCUT2D eigenvalue weighted by Crippen LogP contribution is 2.19. The number of halogens is 1. The van der Waals surface area contributed by atoms with Gasteiger partial charge < -0.3 is 9.42 Å². The van der Waals surface area contributed by atoms with Crippen molar-refractivity contribution in [3.63, 3.8) is 0 Å². The van der Waals surface area contributed by atoms with Gasteiger partial charge in [0.15, 0.2) is 5.76 Å². The number of nitrogens with one attached hydrogen (secondary N) is 1. The van der Waals surface area contributed by atoms with Crippen LogP contribution < -0.4 is 9.62 Å². The van der Waals surface area contributed by atoms with Crippen molar-refractivity contribution in [3.05, 3.63) is 41.5 Å². The zero-order chi connectivity index (χ0) is 18.7. The van der Waals surface area contributed by atoms with Gasteiger partial charge in [-0.2, -0.15) is 0 Å². The second kappa shape index (κ2) is 7.73. The quantitative estimate of drug-likeness (QED) is 0.816. The van der Waals surface area contributed by atoms with Gasteiger partial charge in [0.05, 0.1) is 0 Å². The predicted molar refractivity (Wildman–Crippen MR) is 96.2 cm³/mol. The fourth-order valence-electron chi connectivity index (χ4n) is 3.15. The van der Waals surface area contributed by atoms with Crippen LogP contribution >= 0.6 is 0 Å². The van der Waals surface area contributed by atoms with Crippen LogP contribution in [0, 0.1) is 19.7 Å². The molecule has 3 rings (SSSR count). The summed E-state index contributed by atoms with van der Waals surface area (Å²) >= 11 is 0. The smallest absolute Gasteiger partial charge is 0.246 e. The van der Waals surface area contributed by atoms with E-state index in [0.29, 0.717) is 24.5 Å². The first-order valence-electron chi connectivity index (χ1n) is 8.52. The van der Waals surface area contributed by atoms with E-state index in [2.05, 4.69) is 19.7 Å². The van der Waals surface area contributed by atoms with Gasteiger partial charge in [0.1, 0.15) is 16.4 Å². The molecule has 9 heteroatoms. The number of aryl methyl sites for hydroxylation is 2. The third-order valence-electron chi connectivity index (χ3n) is 4.52. The predicted octanol–water partition coefficient (Wildman–Crippen LogP) is 1.53. The van der Waals surface area contributed by atoms with E-state index in [4.69, 9.17) is 4.52 Å². The van der Waals surface area contributed by atoms with Crippen molar-refractivity contribution >= 4 is 15.7 Å². The average molecular weight is 382 g/mol. The van der Waals surface area contributed by atoms with Crippen LogP contribution in [0.5, 0.6) is 0 Å². The first-order chi connectivity index (χ1) is 12.4. The van der Waals surface area contributed by atoms with E-state index in [1.54, 1.807) is 26.0 Å². The molecule has 142 valence electrons. The summed E-state index contributed by atoms with van der Waals surface area (Å²) in [5.74, 6) is 0.0564. The van der Waals surface area contributed by atoms with Gasteiger partial charge in [-0.15, -0.1) is 0 Å². The molecule has 1 saturated heterocycles. The maximum Gasteiger partial charge on any atom is 0.246 e. The molecule has 2 heterocycles. The molecule has 7 nitrogen and oxygen atoms in total. The molecule has 0 aliphatic carbocycles. The second-order valence-corrected chi connectivity index (χ2v) is 8.06. The topological polar surface area (TPSA) is 78.7 Å². The molecule has 0 amide bonds. The second-order valence-electron chi connectivity index (χ2n) is 6.36. The van der Waals surface area contributed by atoms with Gasteiger partial charge in [0.25, 0.3) is 0 Å². The van der Waals surface area contributed by atoms with E-state index in [-0.39, 0.29) is 10.7 Å². The Morgan fingerprint density at radius 1 is 1.15 bits per heavy atom. The van der Waals surface area contributed by atoms with Crippen molar-refractivity contribution in [1.29, 1.82) is 0 Å². The summed E-state index contributed by atoms with van der Waals surface area (Å²) in [4.78, 5) is 4.53. The third-order valence-corrected chi connectivity index (χ3v) is 6.23. The Bertz CT molecular complexity index is 824. The lowest BCUT2D eigenvalue weighted by atomic mass is 10.2. The summed E-state index contributed by atoms with van der Waals surface area (Å²) in [6, 6.07) is 6.49. The molecule has 26 heavy (non-hydrogen) atoms. The van der Waals surface area contributed by atoms with Gasteiger partial charge in [-0.25, -0.2) is 17.5 Å². The van der Waals surface area contributed by atoms with Crippen LogP contribution in [0.15, 0.2) is 33.7 Å². The largest absolute Gasteiger partial charge is 0.369 e. The number of piperazine rings is 1. The third kappa shape index (κ3) is 4.22. The van der Waals surface area contributed by atoms with Gasteiger partial charge >= 0.3 is 0 Å². The minimum Gasteiger partial charge on any atom is -0.369 e. The maximum atomic E-state index is 13.0. The molecule has 1 aliphatic rings. The SMILES string of the molecule is Cc1noc(C)c1S(=O)(=O)NCCN1CCN(c2ccc(F)cc2)CC1. The van der Waals surface area contributed by atoms with E-state index in [9.17, 15) is 12.8 Å². The van der Waals surface area contributed by atoms with Crippen molar-refractivity contribution in [1.82, 2.24) is 14.8 Å². The van der Waals surface area contributed by atoms with E-state index < -0.39 is 10.0 Å². The van der Waals surface area contributed by atoms with Crippen molar-refractivity contribution in [3.8, 4) is 0 Å². The van der Waals surface area contributed by atoms with Gasteiger partial charge in [0, 0.05) is 45.0 Å². The number of rotatable bonds is 6. The van der Waals surface area contributed by atoms with Crippen molar-refractivity contribution in [2.45, 2.75) is 18.7 Å². The molecule has 0 saturated carbocycles. The molecule has 1 fully saturated rings. The van der Waals surface area contributed by atoms with Crippen molar-refractivity contribution < 1.29 is 17.3 Å². The summed E-state index contributed by atoms with van der Waals surface area (Å²) in [5.41, 5.74) is 1.37. The van der Waals surface area contributed by atoms with Gasteiger partial charge in [-0.05, 0) is 38.1 Å². The summed E-state index contributed by atoms with van der Waals surface area (Å²) < 4.78 is 45.3. The number of aromatic nitrogens is 1. The molecule has 0 bridgehead atoms. The molecule has 1 aromatic heterocycles. The number of hydrogen-bond donors (Lipinski definition) is 1. The Morgan fingerprint density at radius 2 is 1.81 bits per heavy atom. The zero-order valence-electron chi connectivity index (χ0n) is 14.9. The standard InChI is InChI=1S/C17H23FN4O3S/c1-13-17(14(2)25-20-13)26(23,24)19-7-8-21-9-11-22(12-10-21)16-5-3-15(18)4-6-16/h3-6,19H,7-12H2,1-2H3. The number of benzene rings is 1. The molecule has 1 aliphatic heterocycles. The summed E-state index contributed by atoms with van der Waals surface area (Å²) in [6.45, 7) is 7.44. The van der Waals surface area contributed by atoms with E-state index in [0.717, 1.165) is 31.9 Å². The minimum atomic E-state index is -3.62. The summed E-state index contributed by atoms with van der Waals surface area (Å²) in [6.07, 6.45) is 0. The van der Waals surface area contributed by atoms with Crippen molar-refractivity contribution in [2.24, 2.45) is 0 Å². The summed E-state index contributed by atoms with van der Waals surface area (Å²) in [7, 11) is -3.62. The molecular formula is C17H23FN4O3S. The summed E-state index contributed by atoms with van der Waals surface area (Å²) in [5, 5.41) is 3.69. The van der Waals surface area contributed by atoms with Crippen LogP contribution in [0.2, 0.25) is 0 Å². The first-order valence-corrected chi connectivity index (χ1v) is 10.0. The lowest BCUT2D eigenvalue weighted by molar-refractivity contribution is 0.262. The Morgan fingerprint density at radius 3 is 2.38 bits per heavy atom. The van der Waals surface area contributed by atoms with Crippen LogP contribution in [0.4, 0.5) is 10.1 Å². The van der Waals surface area contributed by atoms with Crippen LogP contribution in [0.25, 0.3) is 0 Å². The monoisotopic (exact) mass is 382 g/mol. The lowest BCUT2D eigenvalue weighted by Crippen LogP contribution is -2.48. The maximum absolute atomic E-state index is 13.0. The van der Waals surface area contributed by atoms with Crippen LogP contribution in [-0.2, 0) is 10.0 Å². The fourth-order valence-corrected chi connectivity index (χ4v) is 4.50. The van der Waals surface area contributed by atoms with Crippen LogP contribution in [0.1, 0.15) is 11.5 Å². The van der Waals surface area contributed by atoms with Gasteiger partial charge in [0.2, 0.25) is 10.0 Å². The van der Waals surface area contributed by atoms with Crippen LogP contribution in [0.3, 0.4) is 0 Å². The van der Waals surface area contributed by atoms with Crippen molar-refractivity contribution in [2.75, 3.05) is 44.2 Å². The van der Waals surface area contributed by atoms with E-state index in [1.165, 1.54) is 12.1 Å². The van der Waals surface area contributed by atoms with Gasteiger partial charge in [-0.1, -0.05) is 5.16 Å². The molecular weight excluding hydrogens is 359 g/mol. The van der Waals surface area contributed by atoms with E-state index in [1.807, 2.05) is 0 Å². The Balaban J connectivity index is 1.47. The van der Waals surface area contributed by atoms with Crippen LogP contribution in [-0.4, -0.2) is 57.7 Å². The fraction of sp³-hybridized carbons (Fsp3) is 0.471. The molecule has 0 atom stereocenters. The molecule has 1 aromatic carbocycles. The molecule has 0 unspecified atom stereocenters. The molecule has 2 aromatic rings. The molecule has 0 spiro atoms. The Kier molecular flexibility index (Phi) is 5.59. The normalized spacial score (nSPS) is 16.2. The van der Waals surface area contributed by atoms with Gasteiger partial charge in [-0.3, -0.25) is 4.90 Å². The highest BCUT2D eigenvalue weighted by atomic mass is 32.2. The molecule has 0 radical (unpaired) electrons.